The lowest BCUT2D eigenvalue weighted by Gasteiger charge is -2.23. The van der Waals surface area contributed by atoms with Gasteiger partial charge in [-0.15, -0.1) is 0 Å². The third kappa shape index (κ3) is 2.36. The molecule has 2 bridgehead atoms. The Bertz CT molecular complexity index is 839. The zero-order chi connectivity index (χ0) is 18.6. The lowest BCUT2D eigenvalue weighted by molar-refractivity contribution is -0.131. The van der Waals surface area contributed by atoms with Gasteiger partial charge in [0.15, 0.2) is 11.5 Å². The predicted octanol–water partition coefficient (Wildman–Crippen LogP) is 0.200. The van der Waals surface area contributed by atoms with Gasteiger partial charge in [0.2, 0.25) is 18.6 Å². The van der Waals surface area contributed by atoms with Gasteiger partial charge in [-0.1, -0.05) is 12.2 Å². The van der Waals surface area contributed by atoms with Gasteiger partial charge in [-0.05, 0) is 18.6 Å². The van der Waals surface area contributed by atoms with Crippen LogP contribution in [0.5, 0.6) is 11.5 Å². The van der Waals surface area contributed by atoms with Crippen molar-refractivity contribution in [2.75, 3.05) is 31.4 Å². The molecule has 1 spiro atoms. The zero-order valence-electron chi connectivity index (χ0n) is 14.6. The van der Waals surface area contributed by atoms with Crippen LogP contribution in [-0.2, 0) is 14.3 Å². The standard InChI is InChI=1S/C19H20N2O6/c22-7-1-6-20-17(23)15-13-4-5-19(27-13)9-21(18(24)16(15)19)11-2-3-12-14(8-11)26-10-25-12/h2-5,8,13,15-16,22H,1,6-7,9-10H2,(H,20,23)/t13-,15-,16+,19-/m1/s1. The summed E-state index contributed by atoms with van der Waals surface area (Å²) in [7, 11) is 0. The number of carbonyl (C=O) groups excluding carboxylic acids is 2. The van der Waals surface area contributed by atoms with Crippen molar-refractivity contribution >= 4 is 17.5 Å². The largest absolute Gasteiger partial charge is 0.454 e. The number of carbonyl (C=O) groups is 2. The van der Waals surface area contributed by atoms with Crippen LogP contribution in [0.3, 0.4) is 0 Å². The van der Waals surface area contributed by atoms with Crippen molar-refractivity contribution in [2.45, 2.75) is 18.1 Å². The van der Waals surface area contributed by atoms with Crippen LogP contribution >= 0.6 is 0 Å². The number of amides is 2. The maximum absolute atomic E-state index is 13.2. The fourth-order valence-corrected chi connectivity index (χ4v) is 4.48. The first-order valence-electron chi connectivity index (χ1n) is 9.10. The predicted molar refractivity (Wildman–Crippen MR) is 93.4 cm³/mol. The molecule has 4 aliphatic heterocycles. The van der Waals surface area contributed by atoms with Crippen molar-refractivity contribution in [2.24, 2.45) is 11.8 Å². The quantitative estimate of drug-likeness (QED) is 0.566. The summed E-state index contributed by atoms with van der Waals surface area (Å²) in [6, 6.07) is 5.38. The normalized spacial score (nSPS) is 32.3. The number of nitrogens with zero attached hydrogens (tertiary/aromatic N) is 1. The minimum Gasteiger partial charge on any atom is -0.454 e. The molecule has 0 aliphatic carbocycles. The monoisotopic (exact) mass is 372 g/mol. The second kappa shape index (κ2) is 5.97. The number of anilines is 1. The highest BCUT2D eigenvalue weighted by molar-refractivity contribution is 6.03. The van der Waals surface area contributed by atoms with Crippen molar-refractivity contribution in [1.82, 2.24) is 5.32 Å². The number of benzene rings is 1. The molecular weight excluding hydrogens is 352 g/mol. The SMILES string of the molecule is O=C(NCCCO)[C@H]1[C@H]2C(=O)N(c3ccc4c(c3)OCO4)C[C@]23C=C[C@H]1O3. The Hall–Kier alpha value is -2.58. The topological polar surface area (TPSA) is 97.3 Å². The first kappa shape index (κ1) is 16.6. The summed E-state index contributed by atoms with van der Waals surface area (Å²) >= 11 is 0. The van der Waals surface area contributed by atoms with E-state index in [0.29, 0.717) is 36.7 Å². The molecule has 2 amide bonds. The highest BCUT2D eigenvalue weighted by Crippen LogP contribution is 2.53. The van der Waals surface area contributed by atoms with E-state index in [9.17, 15) is 9.59 Å². The molecule has 27 heavy (non-hydrogen) atoms. The van der Waals surface area contributed by atoms with Crippen LogP contribution in [0.1, 0.15) is 6.42 Å². The smallest absolute Gasteiger partial charge is 0.234 e. The van der Waals surface area contributed by atoms with Gasteiger partial charge in [0, 0.05) is 24.9 Å². The van der Waals surface area contributed by atoms with E-state index in [-0.39, 0.29) is 31.3 Å². The van der Waals surface area contributed by atoms with Gasteiger partial charge in [0.25, 0.3) is 0 Å². The summed E-state index contributed by atoms with van der Waals surface area (Å²) < 4.78 is 16.8. The van der Waals surface area contributed by atoms with Gasteiger partial charge >= 0.3 is 0 Å². The van der Waals surface area contributed by atoms with Gasteiger partial charge in [0.1, 0.15) is 5.60 Å². The summed E-state index contributed by atoms with van der Waals surface area (Å²) in [6.07, 6.45) is 3.90. The van der Waals surface area contributed by atoms with E-state index in [1.54, 1.807) is 17.0 Å². The van der Waals surface area contributed by atoms with Crippen LogP contribution in [0.4, 0.5) is 5.69 Å². The average molecular weight is 372 g/mol. The van der Waals surface area contributed by atoms with E-state index in [0.717, 1.165) is 0 Å². The first-order chi connectivity index (χ1) is 13.1. The van der Waals surface area contributed by atoms with Crippen molar-refractivity contribution in [3.63, 3.8) is 0 Å². The van der Waals surface area contributed by atoms with E-state index in [1.807, 2.05) is 18.2 Å². The van der Waals surface area contributed by atoms with Gasteiger partial charge in [0.05, 0.1) is 24.5 Å². The summed E-state index contributed by atoms with van der Waals surface area (Å²) in [4.78, 5) is 27.6. The third-order valence-electron chi connectivity index (χ3n) is 5.71. The lowest BCUT2D eigenvalue weighted by Crippen LogP contribution is -2.44. The number of hydrogen-bond donors (Lipinski definition) is 2. The van der Waals surface area contributed by atoms with Crippen molar-refractivity contribution in [3.05, 3.63) is 30.4 Å². The van der Waals surface area contributed by atoms with Gasteiger partial charge < -0.3 is 29.5 Å². The number of fused-ring (bicyclic) bond motifs is 2. The van der Waals surface area contributed by atoms with Crippen LogP contribution in [0.2, 0.25) is 0 Å². The minimum atomic E-state index is -0.767. The Kier molecular flexibility index (Phi) is 3.66. The van der Waals surface area contributed by atoms with E-state index in [4.69, 9.17) is 19.3 Å². The summed E-state index contributed by atoms with van der Waals surface area (Å²) in [5.74, 6) is -0.170. The number of hydrogen-bond acceptors (Lipinski definition) is 6. The van der Waals surface area contributed by atoms with Crippen LogP contribution in [0.15, 0.2) is 30.4 Å². The Morgan fingerprint density at radius 3 is 3.04 bits per heavy atom. The maximum Gasteiger partial charge on any atom is 0.234 e. The molecule has 4 aliphatic rings. The molecule has 0 unspecified atom stereocenters. The van der Waals surface area contributed by atoms with Crippen LogP contribution < -0.4 is 19.7 Å². The second-order valence-corrected chi connectivity index (χ2v) is 7.23. The van der Waals surface area contributed by atoms with E-state index >= 15 is 0 Å². The number of nitrogens with one attached hydrogen (secondary N) is 1. The minimum absolute atomic E-state index is 0.00890. The van der Waals surface area contributed by atoms with Crippen molar-refractivity contribution in [3.8, 4) is 11.5 Å². The Morgan fingerprint density at radius 1 is 1.33 bits per heavy atom. The van der Waals surface area contributed by atoms with Gasteiger partial charge in [-0.3, -0.25) is 9.59 Å². The lowest BCUT2D eigenvalue weighted by atomic mass is 9.77. The molecule has 5 rings (SSSR count). The van der Waals surface area contributed by atoms with E-state index in [1.165, 1.54) is 0 Å². The Morgan fingerprint density at radius 2 is 2.19 bits per heavy atom. The summed E-state index contributed by atoms with van der Waals surface area (Å²) in [5.41, 5.74) is -0.0650. The van der Waals surface area contributed by atoms with Crippen LogP contribution in [0.25, 0.3) is 0 Å². The molecule has 2 saturated heterocycles. The van der Waals surface area contributed by atoms with Crippen molar-refractivity contribution in [1.29, 1.82) is 0 Å². The number of aliphatic hydroxyl groups is 1. The van der Waals surface area contributed by atoms with Gasteiger partial charge in [-0.25, -0.2) is 0 Å². The molecule has 2 N–H and O–H groups in total. The maximum atomic E-state index is 13.2. The molecule has 142 valence electrons. The summed E-state index contributed by atoms with van der Waals surface area (Å²) in [6.45, 7) is 0.920. The number of rotatable bonds is 5. The molecule has 0 saturated carbocycles. The molecule has 1 aromatic rings. The molecule has 8 nitrogen and oxygen atoms in total. The number of ether oxygens (including phenoxy) is 3. The average Bonchev–Trinajstić information content (AvgIpc) is 3.41. The van der Waals surface area contributed by atoms with E-state index < -0.39 is 17.4 Å². The molecule has 0 aromatic heterocycles. The first-order valence-corrected chi connectivity index (χ1v) is 9.10. The highest BCUT2D eigenvalue weighted by Gasteiger charge is 2.67. The molecule has 8 heteroatoms. The third-order valence-corrected chi connectivity index (χ3v) is 5.71. The van der Waals surface area contributed by atoms with E-state index in [2.05, 4.69) is 5.32 Å². The molecule has 4 heterocycles. The van der Waals surface area contributed by atoms with Crippen LogP contribution in [0, 0.1) is 11.8 Å². The zero-order valence-corrected chi connectivity index (χ0v) is 14.6. The molecule has 2 fully saturated rings. The molecule has 0 radical (unpaired) electrons. The highest BCUT2D eigenvalue weighted by atomic mass is 16.7. The van der Waals surface area contributed by atoms with Gasteiger partial charge in [-0.2, -0.15) is 0 Å². The Labute approximate surface area is 155 Å². The molecule has 1 aromatic carbocycles. The van der Waals surface area contributed by atoms with Crippen molar-refractivity contribution < 1.29 is 28.9 Å². The number of aliphatic hydroxyl groups excluding tert-OH is 1. The second-order valence-electron chi connectivity index (χ2n) is 7.23. The summed E-state index contributed by atoms with van der Waals surface area (Å²) in [5, 5.41) is 11.7. The van der Waals surface area contributed by atoms with Crippen LogP contribution in [-0.4, -0.2) is 55.1 Å². The fraction of sp³-hybridized carbons (Fsp3) is 0.474. The molecular formula is C19H20N2O6. The fourth-order valence-electron chi connectivity index (χ4n) is 4.48. The molecule has 4 atom stereocenters. The Balaban J connectivity index is 1.42.